The summed E-state index contributed by atoms with van der Waals surface area (Å²) < 4.78 is 36.5. The molecule has 0 heterocycles. The van der Waals surface area contributed by atoms with Gasteiger partial charge in [-0.1, -0.05) is 17.7 Å². The molecule has 0 fully saturated rings. The lowest BCUT2D eigenvalue weighted by Gasteiger charge is -2.29. The molecule has 3 nitrogen and oxygen atoms in total. The summed E-state index contributed by atoms with van der Waals surface area (Å²) in [5.74, 6) is -0.666. The van der Waals surface area contributed by atoms with Crippen molar-refractivity contribution in [1.82, 2.24) is 0 Å². The first-order valence-electron chi connectivity index (χ1n) is 6.34. The molecule has 0 aromatic heterocycles. The Balaban J connectivity index is 2.71. The first-order chi connectivity index (χ1) is 9.12. The van der Waals surface area contributed by atoms with E-state index in [2.05, 4.69) is 5.32 Å². The third kappa shape index (κ3) is 5.11. The molecule has 0 bridgehead atoms. The number of hydrogen-bond donors (Lipinski definition) is 2. The van der Waals surface area contributed by atoms with Crippen LogP contribution in [0.15, 0.2) is 24.3 Å². The number of hydrogen-bond acceptors (Lipinski definition) is 2. The van der Waals surface area contributed by atoms with Crippen LogP contribution in [-0.2, 0) is 4.79 Å². The predicted molar refractivity (Wildman–Crippen MR) is 72.3 cm³/mol. The van der Waals surface area contributed by atoms with Crippen molar-refractivity contribution < 1.29 is 18.0 Å². The molecule has 20 heavy (non-hydrogen) atoms. The summed E-state index contributed by atoms with van der Waals surface area (Å²) in [5.41, 5.74) is 5.83. The van der Waals surface area contributed by atoms with Gasteiger partial charge >= 0.3 is 6.18 Å². The van der Waals surface area contributed by atoms with Crippen LogP contribution < -0.4 is 11.1 Å². The Morgan fingerprint density at radius 1 is 1.20 bits per heavy atom. The molecule has 0 aliphatic carbocycles. The minimum Gasteiger partial charge on any atom is -0.371 e. The maximum Gasteiger partial charge on any atom is 0.389 e. The Morgan fingerprint density at radius 2 is 1.75 bits per heavy atom. The highest BCUT2D eigenvalue weighted by atomic mass is 19.4. The van der Waals surface area contributed by atoms with Gasteiger partial charge in [0.25, 0.3) is 0 Å². The van der Waals surface area contributed by atoms with E-state index in [0.29, 0.717) is 5.69 Å². The summed E-state index contributed by atoms with van der Waals surface area (Å²) in [7, 11) is 0. The lowest BCUT2D eigenvalue weighted by Crippen LogP contribution is -2.48. The number of nitrogens with two attached hydrogens (primary N) is 1. The molecule has 3 N–H and O–H groups in total. The number of amides is 1. The molecule has 1 unspecified atom stereocenters. The van der Waals surface area contributed by atoms with Crippen molar-refractivity contribution in [2.75, 3.05) is 5.32 Å². The van der Waals surface area contributed by atoms with Crippen molar-refractivity contribution in [3.63, 3.8) is 0 Å². The third-order valence-electron chi connectivity index (χ3n) is 3.15. The van der Waals surface area contributed by atoms with Gasteiger partial charge in [-0.25, -0.2) is 0 Å². The van der Waals surface area contributed by atoms with Crippen LogP contribution in [0.3, 0.4) is 0 Å². The minimum atomic E-state index is -4.22. The van der Waals surface area contributed by atoms with Gasteiger partial charge in [0.15, 0.2) is 0 Å². The molecular weight excluding hydrogens is 269 g/mol. The fourth-order valence-corrected chi connectivity index (χ4v) is 1.85. The second kappa shape index (κ2) is 6.15. The predicted octanol–water partition coefficient (Wildman–Crippen LogP) is 3.38. The van der Waals surface area contributed by atoms with Gasteiger partial charge in [-0.2, -0.15) is 13.2 Å². The SMILES string of the molecule is Cc1ccc(NC(C)(CCCC(F)(F)F)C(N)=O)cc1. The number of nitrogens with one attached hydrogen (secondary N) is 1. The van der Waals surface area contributed by atoms with Crippen molar-refractivity contribution in [1.29, 1.82) is 0 Å². The zero-order chi connectivity index (χ0) is 15.4. The Labute approximate surface area is 116 Å². The number of rotatable bonds is 6. The van der Waals surface area contributed by atoms with E-state index in [0.717, 1.165) is 5.56 Å². The molecule has 1 amide bonds. The summed E-state index contributed by atoms with van der Waals surface area (Å²) in [6.45, 7) is 3.44. The highest BCUT2D eigenvalue weighted by molar-refractivity contribution is 5.87. The summed E-state index contributed by atoms with van der Waals surface area (Å²) in [4.78, 5) is 11.5. The van der Waals surface area contributed by atoms with E-state index in [1.165, 1.54) is 6.92 Å². The van der Waals surface area contributed by atoms with E-state index in [9.17, 15) is 18.0 Å². The Hall–Kier alpha value is -1.72. The molecular formula is C14H19F3N2O. The van der Waals surface area contributed by atoms with Crippen molar-refractivity contribution in [2.24, 2.45) is 5.73 Å². The van der Waals surface area contributed by atoms with Gasteiger partial charge in [-0.3, -0.25) is 4.79 Å². The Bertz CT molecular complexity index is 456. The van der Waals surface area contributed by atoms with Crippen molar-refractivity contribution >= 4 is 11.6 Å². The van der Waals surface area contributed by atoms with Crippen LogP contribution in [0.1, 0.15) is 31.7 Å². The molecule has 0 spiro atoms. The first-order valence-corrected chi connectivity index (χ1v) is 6.34. The maximum atomic E-state index is 12.2. The molecule has 0 saturated heterocycles. The summed E-state index contributed by atoms with van der Waals surface area (Å²) in [5, 5.41) is 2.93. The molecule has 1 aromatic carbocycles. The monoisotopic (exact) mass is 288 g/mol. The maximum absolute atomic E-state index is 12.2. The van der Waals surface area contributed by atoms with Gasteiger partial charge in [0.1, 0.15) is 5.54 Å². The van der Waals surface area contributed by atoms with Crippen molar-refractivity contribution in [3.05, 3.63) is 29.8 Å². The average molecular weight is 288 g/mol. The number of anilines is 1. The molecule has 1 rings (SSSR count). The smallest absolute Gasteiger partial charge is 0.371 e. The summed E-state index contributed by atoms with van der Waals surface area (Å²) >= 11 is 0. The van der Waals surface area contributed by atoms with Gasteiger partial charge in [-0.15, -0.1) is 0 Å². The summed E-state index contributed by atoms with van der Waals surface area (Å²) in [6, 6.07) is 7.22. The fraction of sp³-hybridized carbons (Fsp3) is 0.500. The van der Waals surface area contributed by atoms with Crippen LogP contribution in [-0.4, -0.2) is 17.6 Å². The number of alkyl halides is 3. The van der Waals surface area contributed by atoms with Crippen LogP contribution in [0, 0.1) is 6.92 Å². The second-order valence-corrected chi connectivity index (χ2v) is 5.16. The minimum absolute atomic E-state index is 0.0235. The van der Waals surface area contributed by atoms with Gasteiger partial charge in [0.2, 0.25) is 5.91 Å². The lowest BCUT2D eigenvalue weighted by atomic mass is 9.93. The molecule has 0 aliphatic rings. The molecule has 0 radical (unpaired) electrons. The Kier molecular flexibility index (Phi) is 5.03. The van der Waals surface area contributed by atoms with Crippen LogP contribution in [0.25, 0.3) is 0 Å². The van der Waals surface area contributed by atoms with Gasteiger partial charge < -0.3 is 11.1 Å². The third-order valence-corrected chi connectivity index (χ3v) is 3.15. The number of halogens is 3. The molecule has 112 valence electrons. The number of primary amides is 1. The first kappa shape index (κ1) is 16.3. The zero-order valence-corrected chi connectivity index (χ0v) is 11.6. The van der Waals surface area contributed by atoms with Gasteiger partial charge in [0.05, 0.1) is 0 Å². The summed E-state index contributed by atoms with van der Waals surface area (Å²) in [6.07, 6.45) is -5.27. The van der Waals surface area contributed by atoms with Crippen molar-refractivity contribution in [2.45, 2.75) is 44.8 Å². The van der Waals surface area contributed by atoms with Crippen LogP contribution in [0.5, 0.6) is 0 Å². The van der Waals surface area contributed by atoms with E-state index >= 15 is 0 Å². The quantitative estimate of drug-likeness (QED) is 0.843. The number of benzene rings is 1. The second-order valence-electron chi connectivity index (χ2n) is 5.16. The molecule has 1 atom stereocenters. The van der Waals surface area contributed by atoms with E-state index in [-0.39, 0.29) is 12.8 Å². The standard InChI is InChI=1S/C14H19F3N2O/c1-10-4-6-11(7-5-10)19-13(2,12(18)20)8-3-9-14(15,16)17/h4-7,19H,3,8-9H2,1-2H3,(H2,18,20). The zero-order valence-electron chi connectivity index (χ0n) is 11.6. The number of aryl methyl sites for hydroxylation is 1. The normalized spacial score (nSPS) is 14.7. The number of carbonyl (C=O) groups excluding carboxylic acids is 1. The largest absolute Gasteiger partial charge is 0.389 e. The van der Waals surface area contributed by atoms with Crippen molar-refractivity contribution in [3.8, 4) is 0 Å². The topological polar surface area (TPSA) is 55.1 Å². The number of carbonyl (C=O) groups is 1. The van der Waals surface area contributed by atoms with Crippen LogP contribution >= 0.6 is 0 Å². The fourth-order valence-electron chi connectivity index (χ4n) is 1.85. The molecule has 0 aliphatic heterocycles. The highest BCUT2D eigenvalue weighted by Gasteiger charge is 2.33. The van der Waals surface area contributed by atoms with Gasteiger partial charge in [0, 0.05) is 12.1 Å². The van der Waals surface area contributed by atoms with E-state index in [1.807, 2.05) is 19.1 Å². The van der Waals surface area contributed by atoms with E-state index < -0.39 is 24.0 Å². The van der Waals surface area contributed by atoms with Gasteiger partial charge in [-0.05, 0) is 38.8 Å². The molecule has 6 heteroatoms. The Morgan fingerprint density at radius 3 is 2.20 bits per heavy atom. The molecule has 1 aromatic rings. The van der Waals surface area contributed by atoms with Crippen LogP contribution in [0.2, 0.25) is 0 Å². The van der Waals surface area contributed by atoms with E-state index in [1.54, 1.807) is 12.1 Å². The average Bonchev–Trinajstić information content (AvgIpc) is 2.30. The molecule has 0 saturated carbocycles. The van der Waals surface area contributed by atoms with Crippen LogP contribution in [0.4, 0.5) is 18.9 Å². The highest BCUT2D eigenvalue weighted by Crippen LogP contribution is 2.27. The lowest BCUT2D eigenvalue weighted by molar-refractivity contribution is -0.137. The van der Waals surface area contributed by atoms with E-state index in [4.69, 9.17) is 5.73 Å².